The number of sulfone groups is 1. The van der Waals surface area contributed by atoms with Crippen LogP contribution in [-0.2, 0) is 29.4 Å². The van der Waals surface area contributed by atoms with Gasteiger partial charge >= 0.3 is 6.18 Å². The molecule has 1 saturated carbocycles. The molecule has 3 N–H and O–H groups in total. The van der Waals surface area contributed by atoms with Gasteiger partial charge in [0.25, 0.3) is 0 Å². The molecule has 1 aliphatic heterocycles. The number of nitrogens with one attached hydrogen (secondary N) is 1. The summed E-state index contributed by atoms with van der Waals surface area (Å²) >= 11 is 0. The number of halogens is 3. The van der Waals surface area contributed by atoms with E-state index < -0.39 is 67.2 Å². The highest BCUT2D eigenvalue weighted by molar-refractivity contribution is 7.90. The van der Waals surface area contributed by atoms with E-state index in [0.29, 0.717) is 15.4 Å². The summed E-state index contributed by atoms with van der Waals surface area (Å²) in [5, 5.41) is 2.41. The molecule has 0 aromatic heterocycles. The topological polar surface area (TPSA) is 144 Å². The van der Waals surface area contributed by atoms with Crippen molar-refractivity contribution in [1.82, 2.24) is 9.62 Å². The van der Waals surface area contributed by atoms with Gasteiger partial charge in [-0.05, 0) is 47.6 Å². The molecule has 2 aromatic carbocycles. The van der Waals surface area contributed by atoms with Crippen molar-refractivity contribution in [3.63, 3.8) is 0 Å². The van der Waals surface area contributed by atoms with Crippen LogP contribution in [0.4, 0.5) is 13.2 Å². The van der Waals surface area contributed by atoms with Gasteiger partial charge in [-0.2, -0.15) is 13.2 Å². The van der Waals surface area contributed by atoms with Gasteiger partial charge in [-0.15, -0.1) is 0 Å². The van der Waals surface area contributed by atoms with Gasteiger partial charge in [0.15, 0.2) is 15.6 Å². The van der Waals surface area contributed by atoms with Crippen molar-refractivity contribution in [1.29, 1.82) is 0 Å². The predicted molar refractivity (Wildman–Crippen MR) is 141 cm³/mol. The first-order chi connectivity index (χ1) is 18.3. The number of carbonyl (C=O) groups excluding carboxylic acids is 2. The Labute approximate surface area is 230 Å². The first-order valence-electron chi connectivity index (χ1n) is 12.4. The predicted octanol–water partition coefficient (Wildman–Crippen LogP) is 2.43. The Balaban J connectivity index is 1.56. The van der Waals surface area contributed by atoms with Crippen molar-refractivity contribution in [3.8, 4) is 11.1 Å². The quantitative estimate of drug-likeness (QED) is 0.493. The average Bonchev–Trinajstić information content (AvgIpc) is 3.35. The van der Waals surface area contributed by atoms with Crippen LogP contribution in [0.15, 0.2) is 53.4 Å². The highest BCUT2D eigenvalue weighted by Crippen LogP contribution is 2.43. The molecule has 1 saturated heterocycles. The number of carbonyl (C=O) groups is 2. The Morgan fingerprint density at radius 1 is 0.975 bits per heavy atom. The molecule has 9 nitrogen and oxygen atoms in total. The summed E-state index contributed by atoms with van der Waals surface area (Å²) < 4.78 is 90.5. The number of hydrogen-bond acceptors (Lipinski definition) is 8. The fraction of sp³-hybridized carbons (Fsp3) is 0.462. The normalized spacial score (nSPS) is 26.9. The van der Waals surface area contributed by atoms with Crippen LogP contribution in [-0.4, -0.2) is 69.6 Å². The zero-order chi connectivity index (χ0) is 29.8. The zero-order valence-electron chi connectivity index (χ0n) is 22.0. The van der Waals surface area contributed by atoms with Gasteiger partial charge < -0.3 is 5.73 Å². The number of nitrogens with two attached hydrogens (primary N) is 1. The van der Waals surface area contributed by atoms with Crippen molar-refractivity contribution in [2.24, 2.45) is 17.6 Å². The molecule has 40 heavy (non-hydrogen) atoms. The molecule has 0 bridgehead atoms. The third-order valence-corrected chi connectivity index (χ3v) is 10.1. The van der Waals surface area contributed by atoms with Crippen LogP contribution in [0, 0.1) is 11.8 Å². The van der Waals surface area contributed by atoms with Crippen LogP contribution < -0.4 is 11.1 Å². The minimum absolute atomic E-state index is 0.000526. The molecular formula is C26H30F3N3O6S2. The van der Waals surface area contributed by atoms with Crippen LogP contribution in [0.5, 0.6) is 0 Å². The van der Waals surface area contributed by atoms with E-state index in [1.165, 1.54) is 36.4 Å². The number of ketones is 1. The summed E-state index contributed by atoms with van der Waals surface area (Å²) in [5.41, 5.74) is 5.63. The number of amides is 1. The van der Waals surface area contributed by atoms with Crippen molar-refractivity contribution >= 4 is 31.6 Å². The molecule has 2 aliphatic rings. The summed E-state index contributed by atoms with van der Waals surface area (Å²) in [6, 6.07) is 7.88. The van der Waals surface area contributed by atoms with Crippen LogP contribution >= 0.6 is 0 Å². The van der Waals surface area contributed by atoms with E-state index in [1.54, 1.807) is 19.1 Å². The smallest absolute Gasteiger partial charge is 0.318 e. The first kappa shape index (κ1) is 30.2. The molecule has 0 radical (unpaired) electrons. The maximum atomic E-state index is 14.2. The number of Topliss-reactive ketones (excluding diaryl/α,β-unsaturated/α-hetero) is 1. The molecule has 14 heteroatoms. The summed E-state index contributed by atoms with van der Waals surface area (Å²) in [7, 11) is -7.27. The summed E-state index contributed by atoms with van der Waals surface area (Å²) in [5.74, 6) is -3.42. The zero-order valence-corrected chi connectivity index (χ0v) is 23.6. The highest BCUT2D eigenvalue weighted by Gasteiger charge is 2.60. The summed E-state index contributed by atoms with van der Waals surface area (Å²) in [4.78, 5) is 26.4. The Bertz CT molecular complexity index is 1530. The number of benzene rings is 2. The van der Waals surface area contributed by atoms with Gasteiger partial charge in [0.05, 0.1) is 28.6 Å². The van der Waals surface area contributed by atoms with E-state index in [9.17, 15) is 39.6 Å². The van der Waals surface area contributed by atoms with Gasteiger partial charge in [-0.1, -0.05) is 43.3 Å². The van der Waals surface area contributed by atoms with Crippen molar-refractivity contribution in [3.05, 3.63) is 54.1 Å². The van der Waals surface area contributed by atoms with Crippen molar-refractivity contribution < 1.29 is 39.6 Å². The van der Waals surface area contributed by atoms with E-state index in [-0.39, 0.29) is 29.8 Å². The second-order valence-corrected chi connectivity index (χ2v) is 14.5. The van der Waals surface area contributed by atoms with Gasteiger partial charge in [-0.3, -0.25) is 14.9 Å². The summed E-state index contributed by atoms with van der Waals surface area (Å²) in [6.07, 6.45) is -2.90. The number of nitrogens with zero attached hydrogens (tertiary/aromatic N) is 1. The molecule has 5 atom stereocenters. The third-order valence-electron chi connectivity index (χ3n) is 7.84. The van der Waals surface area contributed by atoms with Gasteiger partial charge in [-0.25, -0.2) is 21.1 Å². The molecule has 2 aromatic rings. The van der Waals surface area contributed by atoms with Crippen LogP contribution in [0.3, 0.4) is 0 Å². The Morgan fingerprint density at radius 2 is 1.50 bits per heavy atom. The monoisotopic (exact) mass is 601 g/mol. The second-order valence-electron chi connectivity index (χ2n) is 10.6. The Kier molecular flexibility index (Phi) is 7.71. The van der Waals surface area contributed by atoms with Crippen molar-refractivity contribution in [2.45, 2.75) is 48.5 Å². The van der Waals surface area contributed by atoms with E-state index in [1.807, 2.05) is 0 Å². The van der Waals surface area contributed by atoms with Crippen LogP contribution in [0.2, 0.25) is 0 Å². The van der Waals surface area contributed by atoms with E-state index in [0.717, 1.165) is 12.5 Å². The fourth-order valence-electron chi connectivity index (χ4n) is 5.63. The van der Waals surface area contributed by atoms with E-state index >= 15 is 0 Å². The van der Waals surface area contributed by atoms with Crippen molar-refractivity contribution in [2.75, 3.05) is 19.1 Å². The molecule has 1 amide bonds. The Hall–Kier alpha value is -2.81. The van der Waals surface area contributed by atoms with Gasteiger partial charge in [0.2, 0.25) is 15.9 Å². The Morgan fingerprint density at radius 3 is 1.95 bits per heavy atom. The molecule has 1 aliphatic carbocycles. The molecule has 1 heterocycles. The lowest BCUT2D eigenvalue weighted by molar-refractivity contribution is -0.160. The summed E-state index contributed by atoms with van der Waals surface area (Å²) in [6.45, 7) is 1.43. The first-order valence-corrected chi connectivity index (χ1v) is 16.2. The SMILES string of the molecule is CC1C[C@H](N[C@@H](c2ccc(-c3ccc(S(C)(=O)=O)cc3)cc2)C(F)(F)F)C(=O)C1(N)[C@H]1CCN(S(C)(=O)=O)C1=O. The lowest BCUT2D eigenvalue weighted by atomic mass is 9.76. The largest absolute Gasteiger partial charge is 0.407 e. The lowest BCUT2D eigenvalue weighted by Gasteiger charge is -2.33. The highest BCUT2D eigenvalue weighted by atomic mass is 32.2. The number of hydrogen-bond donors (Lipinski definition) is 2. The molecule has 218 valence electrons. The van der Waals surface area contributed by atoms with Crippen LogP contribution in [0.1, 0.15) is 31.4 Å². The number of sulfonamides is 1. The molecule has 2 fully saturated rings. The minimum atomic E-state index is -4.78. The standard InChI is InChI=1S/C26H30F3N3O6S2/c1-15-14-21(23(33)25(15,30)20-12-13-32(24(20)34)40(3,37)38)31-22(26(27,28)29)18-6-4-16(5-7-18)17-8-10-19(11-9-17)39(2,35)36/h4-11,15,20-22,31H,12-14,30H2,1-3H3/t15?,20-,21-,22-,25?/m0/s1. The molecule has 2 unspecified atom stereocenters. The van der Waals surface area contributed by atoms with Gasteiger partial charge in [0.1, 0.15) is 6.04 Å². The average molecular weight is 602 g/mol. The van der Waals surface area contributed by atoms with E-state index in [2.05, 4.69) is 5.32 Å². The molecular weight excluding hydrogens is 571 g/mol. The van der Waals surface area contributed by atoms with Gasteiger partial charge in [0, 0.05) is 12.8 Å². The molecule has 4 rings (SSSR count). The van der Waals surface area contributed by atoms with E-state index in [4.69, 9.17) is 5.73 Å². The maximum absolute atomic E-state index is 14.2. The number of rotatable bonds is 7. The fourth-order valence-corrected chi connectivity index (χ4v) is 7.15. The van der Waals surface area contributed by atoms with Crippen LogP contribution in [0.25, 0.3) is 11.1 Å². The maximum Gasteiger partial charge on any atom is 0.407 e. The molecule has 0 spiro atoms. The second kappa shape index (κ2) is 10.2. The lowest BCUT2D eigenvalue weighted by Crippen LogP contribution is -2.60. The number of alkyl halides is 3. The third kappa shape index (κ3) is 5.54. The minimum Gasteiger partial charge on any atom is -0.318 e.